The second-order valence-electron chi connectivity index (χ2n) is 5.78. The Morgan fingerprint density at radius 1 is 1.00 bits per heavy atom. The molecule has 20 heavy (non-hydrogen) atoms. The second-order valence-corrected chi connectivity index (χ2v) is 5.78. The Morgan fingerprint density at radius 2 is 1.45 bits per heavy atom. The van der Waals surface area contributed by atoms with Crippen molar-refractivity contribution in [2.45, 2.75) is 46.5 Å². The van der Waals surface area contributed by atoms with E-state index in [1.807, 2.05) is 4.90 Å². The molecule has 5 nitrogen and oxygen atoms in total. The predicted molar refractivity (Wildman–Crippen MR) is 80.1 cm³/mol. The number of piperazine rings is 1. The third-order valence-corrected chi connectivity index (χ3v) is 4.31. The zero-order valence-electron chi connectivity index (χ0n) is 13.2. The molecule has 0 aromatic carbocycles. The Kier molecular flexibility index (Phi) is 6.46. The molecule has 1 heterocycles. The molecule has 0 spiro atoms. The minimum Gasteiger partial charge on any atom is -0.339 e. The zero-order valence-corrected chi connectivity index (χ0v) is 13.2. The number of amides is 2. The van der Waals surface area contributed by atoms with Crippen LogP contribution in [0.5, 0.6) is 0 Å². The van der Waals surface area contributed by atoms with Crippen LogP contribution >= 0.6 is 0 Å². The van der Waals surface area contributed by atoms with Crippen molar-refractivity contribution >= 4 is 11.8 Å². The van der Waals surface area contributed by atoms with Crippen LogP contribution in [0.15, 0.2) is 0 Å². The molecule has 0 atom stereocenters. The van der Waals surface area contributed by atoms with Crippen LogP contribution in [0, 0.1) is 5.41 Å². The van der Waals surface area contributed by atoms with Crippen molar-refractivity contribution in [3.05, 3.63) is 0 Å². The SMILES string of the molecule is CCCC(CN)(CCC)C(=O)N1CCN(C(C)=O)CC1. The normalized spacial score (nSPS) is 16.4. The van der Waals surface area contributed by atoms with Crippen LogP contribution < -0.4 is 5.73 Å². The van der Waals surface area contributed by atoms with Crippen molar-refractivity contribution in [3.8, 4) is 0 Å². The van der Waals surface area contributed by atoms with E-state index in [0.29, 0.717) is 32.7 Å². The van der Waals surface area contributed by atoms with E-state index in [2.05, 4.69) is 13.8 Å². The summed E-state index contributed by atoms with van der Waals surface area (Å²) in [6.45, 7) is 8.74. The lowest BCUT2D eigenvalue weighted by Gasteiger charge is -2.40. The fourth-order valence-electron chi connectivity index (χ4n) is 3.15. The standard InChI is InChI=1S/C15H29N3O2/c1-4-6-15(12-16,7-5-2)14(20)18-10-8-17(9-11-18)13(3)19/h4-12,16H2,1-3H3. The summed E-state index contributed by atoms with van der Waals surface area (Å²) >= 11 is 0. The average Bonchev–Trinajstić information content (AvgIpc) is 2.46. The Morgan fingerprint density at radius 3 is 1.80 bits per heavy atom. The van der Waals surface area contributed by atoms with Gasteiger partial charge >= 0.3 is 0 Å². The lowest BCUT2D eigenvalue weighted by Crippen LogP contribution is -2.55. The van der Waals surface area contributed by atoms with Gasteiger partial charge in [0.2, 0.25) is 11.8 Å². The van der Waals surface area contributed by atoms with Crippen LogP contribution in [-0.4, -0.2) is 54.3 Å². The van der Waals surface area contributed by atoms with E-state index in [1.54, 1.807) is 11.8 Å². The summed E-state index contributed by atoms with van der Waals surface area (Å²) in [5.41, 5.74) is 5.55. The number of carbonyl (C=O) groups excluding carboxylic acids is 2. The first-order valence-corrected chi connectivity index (χ1v) is 7.75. The van der Waals surface area contributed by atoms with E-state index in [4.69, 9.17) is 5.73 Å². The first-order chi connectivity index (χ1) is 9.50. The molecule has 1 saturated heterocycles. The Hall–Kier alpha value is -1.10. The number of carbonyl (C=O) groups is 2. The molecule has 0 saturated carbocycles. The van der Waals surface area contributed by atoms with Gasteiger partial charge in [-0.1, -0.05) is 26.7 Å². The number of rotatable bonds is 6. The highest BCUT2D eigenvalue weighted by molar-refractivity contribution is 5.83. The van der Waals surface area contributed by atoms with Gasteiger partial charge in [-0.25, -0.2) is 0 Å². The van der Waals surface area contributed by atoms with Gasteiger partial charge in [0.15, 0.2) is 0 Å². The highest BCUT2D eigenvalue weighted by Gasteiger charge is 2.39. The molecule has 2 N–H and O–H groups in total. The Balaban J connectivity index is 2.73. The topological polar surface area (TPSA) is 66.6 Å². The van der Waals surface area contributed by atoms with Crippen molar-refractivity contribution in [2.75, 3.05) is 32.7 Å². The molecule has 116 valence electrons. The quantitative estimate of drug-likeness (QED) is 0.797. The van der Waals surface area contributed by atoms with Gasteiger partial charge in [0.05, 0.1) is 5.41 Å². The highest BCUT2D eigenvalue weighted by atomic mass is 16.2. The summed E-state index contributed by atoms with van der Waals surface area (Å²) in [6, 6.07) is 0. The van der Waals surface area contributed by atoms with E-state index in [9.17, 15) is 9.59 Å². The molecule has 1 aliphatic heterocycles. The van der Waals surface area contributed by atoms with Gasteiger partial charge in [0.25, 0.3) is 0 Å². The van der Waals surface area contributed by atoms with E-state index in [1.165, 1.54) is 0 Å². The van der Waals surface area contributed by atoms with Crippen LogP contribution in [0.25, 0.3) is 0 Å². The smallest absolute Gasteiger partial charge is 0.230 e. The Labute approximate surface area is 122 Å². The molecule has 0 radical (unpaired) electrons. The molecule has 1 fully saturated rings. The van der Waals surface area contributed by atoms with Crippen molar-refractivity contribution < 1.29 is 9.59 Å². The monoisotopic (exact) mass is 283 g/mol. The van der Waals surface area contributed by atoms with Gasteiger partial charge in [-0.3, -0.25) is 9.59 Å². The van der Waals surface area contributed by atoms with Gasteiger partial charge in [0, 0.05) is 39.6 Å². The molecule has 0 aliphatic carbocycles. The number of nitrogens with zero attached hydrogens (tertiary/aromatic N) is 2. The number of hydrogen-bond donors (Lipinski definition) is 1. The van der Waals surface area contributed by atoms with Crippen LogP contribution in [0.4, 0.5) is 0 Å². The van der Waals surface area contributed by atoms with Gasteiger partial charge in [-0.15, -0.1) is 0 Å². The van der Waals surface area contributed by atoms with Gasteiger partial charge in [-0.05, 0) is 12.8 Å². The molecule has 0 aromatic rings. The molecule has 1 aliphatic rings. The fourth-order valence-corrected chi connectivity index (χ4v) is 3.15. The predicted octanol–water partition coefficient (Wildman–Crippen LogP) is 1.22. The van der Waals surface area contributed by atoms with E-state index in [-0.39, 0.29) is 11.8 Å². The van der Waals surface area contributed by atoms with Crippen LogP contribution in [-0.2, 0) is 9.59 Å². The lowest BCUT2D eigenvalue weighted by molar-refractivity contribution is -0.147. The average molecular weight is 283 g/mol. The fraction of sp³-hybridized carbons (Fsp3) is 0.867. The van der Waals surface area contributed by atoms with E-state index in [0.717, 1.165) is 25.7 Å². The summed E-state index contributed by atoms with van der Waals surface area (Å²) in [7, 11) is 0. The van der Waals surface area contributed by atoms with Gasteiger partial charge < -0.3 is 15.5 Å². The molecule has 5 heteroatoms. The molecule has 0 unspecified atom stereocenters. The zero-order chi connectivity index (χ0) is 15.2. The maximum atomic E-state index is 12.9. The van der Waals surface area contributed by atoms with Crippen LogP contribution in [0.1, 0.15) is 46.5 Å². The third-order valence-electron chi connectivity index (χ3n) is 4.31. The second kappa shape index (κ2) is 7.62. The van der Waals surface area contributed by atoms with Crippen molar-refractivity contribution in [1.82, 2.24) is 9.80 Å². The van der Waals surface area contributed by atoms with Crippen molar-refractivity contribution in [1.29, 1.82) is 0 Å². The van der Waals surface area contributed by atoms with E-state index >= 15 is 0 Å². The molecule has 0 bridgehead atoms. The maximum Gasteiger partial charge on any atom is 0.230 e. The molecule has 0 aromatic heterocycles. The molecule has 1 rings (SSSR count). The minimum absolute atomic E-state index is 0.0873. The Bertz CT molecular complexity index is 330. The molecular formula is C15H29N3O2. The molecular weight excluding hydrogens is 254 g/mol. The summed E-state index contributed by atoms with van der Waals surface area (Å²) in [5.74, 6) is 0.274. The summed E-state index contributed by atoms with van der Waals surface area (Å²) in [4.78, 5) is 27.9. The summed E-state index contributed by atoms with van der Waals surface area (Å²) < 4.78 is 0. The van der Waals surface area contributed by atoms with E-state index < -0.39 is 5.41 Å². The van der Waals surface area contributed by atoms with Gasteiger partial charge in [0.1, 0.15) is 0 Å². The molecule has 2 amide bonds. The maximum absolute atomic E-state index is 12.9. The van der Waals surface area contributed by atoms with Crippen LogP contribution in [0.2, 0.25) is 0 Å². The largest absolute Gasteiger partial charge is 0.339 e. The first-order valence-electron chi connectivity index (χ1n) is 7.75. The highest BCUT2D eigenvalue weighted by Crippen LogP contribution is 2.31. The van der Waals surface area contributed by atoms with Crippen molar-refractivity contribution in [2.24, 2.45) is 11.1 Å². The summed E-state index contributed by atoms with van der Waals surface area (Å²) in [6.07, 6.45) is 3.64. The number of hydrogen-bond acceptors (Lipinski definition) is 3. The first kappa shape index (κ1) is 17.0. The third kappa shape index (κ3) is 3.72. The number of nitrogens with two attached hydrogens (primary N) is 1. The van der Waals surface area contributed by atoms with Crippen LogP contribution in [0.3, 0.4) is 0 Å². The summed E-state index contributed by atoms with van der Waals surface area (Å²) in [5, 5.41) is 0. The minimum atomic E-state index is -0.401. The van der Waals surface area contributed by atoms with Gasteiger partial charge in [-0.2, -0.15) is 0 Å². The van der Waals surface area contributed by atoms with Crippen molar-refractivity contribution in [3.63, 3.8) is 0 Å². The lowest BCUT2D eigenvalue weighted by atomic mass is 9.77.